The van der Waals surface area contributed by atoms with Crippen LogP contribution in [0.5, 0.6) is 0 Å². The third kappa shape index (κ3) is 1.70. The maximum absolute atomic E-state index is 11.1. The zero-order valence-electron chi connectivity index (χ0n) is 7.95. The summed E-state index contributed by atoms with van der Waals surface area (Å²) in [6, 6.07) is 0. The fourth-order valence-corrected chi connectivity index (χ4v) is 2.09. The fraction of sp³-hybridized carbons (Fsp3) is 0.900. The van der Waals surface area contributed by atoms with E-state index in [0.29, 0.717) is 11.8 Å². The maximum Gasteiger partial charge on any atom is 0.308 e. The number of hydrogen-bond acceptors (Lipinski definition) is 3. The van der Waals surface area contributed by atoms with Crippen LogP contribution in [0, 0.1) is 11.8 Å². The van der Waals surface area contributed by atoms with E-state index >= 15 is 0 Å². The Balaban J connectivity index is 1.99. The number of aliphatic hydroxyl groups is 1. The lowest BCUT2D eigenvalue weighted by Crippen LogP contribution is -2.37. The molecule has 1 N–H and O–H groups in total. The molecule has 0 atom stereocenters. The van der Waals surface area contributed by atoms with Crippen LogP contribution in [0.2, 0.25) is 0 Å². The Kier molecular flexibility index (Phi) is 2.06. The van der Waals surface area contributed by atoms with Gasteiger partial charge in [0.1, 0.15) is 0 Å². The van der Waals surface area contributed by atoms with Crippen LogP contribution in [0.3, 0.4) is 0 Å². The highest BCUT2D eigenvalue weighted by Gasteiger charge is 2.54. The summed E-state index contributed by atoms with van der Waals surface area (Å²) in [5.41, 5.74) is -0.729. The van der Waals surface area contributed by atoms with Gasteiger partial charge in [-0.3, -0.25) is 4.79 Å². The third-order valence-corrected chi connectivity index (χ3v) is 3.22. The number of carbonyl (C=O) groups is 1. The van der Waals surface area contributed by atoms with Crippen molar-refractivity contribution in [2.24, 2.45) is 11.8 Å². The summed E-state index contributed by atoms with van der Waals surface area (Å²) in [7, 11) is 1.38. The number of rotatable bonds is 4. The summed E-state index contributed by atoms with van der Waals surface area (Å²) in [5.74, 6) is 0.444. The number of carbonyl (C=O) groups excluding carboxylic acids is 1. The summed E-state index contributed by atoms with van der Waals surface area (Å²) in [5, 5.41) is 10.3. The molecule has 0 bridgehead atoms. The van der Waals surface area contributed by atoms with Crippen LogP contribution in [0.25, 0.3) is 0 Å². The van der Waals surface area contributed by atoms with Crippen molar-refractivity contribution in [2.75, 3.05) is 7.11 Å². The molecule has 2 rings (SSSR count). The van der Waals surface area contributed by atoms with Crippen LogP contribution in [0.4, 0.5) is 0 Å². The average Bonchev–Trinajstić information content (AvgIpc) is 2.89. The third-order valence-electron chi connectivity index (χ3n) is 3.22. The molecule has 0 aliphatic heterocycles. The summed E-state index contributed by atoms with van der Waals surface area (Å²) in [6.45, 7) is 0. The lowest BCUT2D eigenvalue weighted by molar-refractivity contribution is -0.148. The zero-order chi connectivity index (χ0) is 9.47. The van der Waals surface area contributed by atoms with Gasteiger partial charge < -0.3 is 9.84 Å². The smallest absolute Gasteiger partial charge is 0.308 e. The highest BCUT2D eigenvalue weighted by molar-refractivity contribution is 5.70. The van der Waals surface area contributed by atoms with Gasteiger partial charge in [0.15, 0.2) is 0 Å². The summed E-state index contributed by atoms with van der Waals surface area (Å²) in [6.07, 6.45) is 4.49. The van der Waals surface area contributed by atoms with Gasteiger partial charge >= 0.3 is 5.97 Å². The van der Waals surface area contributed by atoms with Crippen molar-refractivity contribution in [2.45, 2.75) is 37.7 Å². The van der Waals surface area contributed by atoms with Gasteiger partial charge in [0.2, 0.25) is 0 Å². The van der Waals surface area contributed by atoms with Crippen LogP contribution in [-0.2, 0) is 9.53 Å². The molecule has 0 radical (unpaired) electrons. The van der Waals surface area contributed by atoms with E-state index in [2.05, 4.69) is 4.74 Å². The maximum atomic E-state index is 11.1. The Morgan fingerprint density at radius 3 is 2.15 bits per heavy atom. The predicted molar refractivity (Wildman–Crippen MR) is 47.0 cm³/mol. The van der Waals surface area contributed by atoms with Crippen molar-refractivity contribution in [3.8, 4) is 0 Å². The topological polar surface area (TPSA) is 46.5 Å². The Hall–Kier alpha value is -0.570. The first-order valence-electron chi connectivity index (χ1n) is 4.96. The van der Waals surface area contributed by atoms with Crippen molar-refractivity contribution in [3.63, 3.8) is 0 Å². The van der Waals surface area contributed by atoms with Gasteiger partial charge in [0.05, 0.1) is 19.1 Å². The van der Waals surface area contributed by atoms with Gasteiger partial charge in [-0.05, 0) is 37.5 Å². The first-order chi connectivity index (χ1) is 6.16. The largest absolute Gasteiger partial charge is 0.469 e. The van der Waals surface area contributed by atoms with E-state index < -0.39 is 5.60 Å². The lowest BCUT2D eigenvalue weighted by Gasteiger charge is -2.26. The molecule has 0 amide bonds. The molecule has 0 spiro atoms. The van der Waals surface area contributed by atoms with Crippen molar-refractivity contribution in [1.29, 1.82) is 0 Å². The molecule has 2 saturated carbocycles. The van der Waals surface area contributed by atoms with Gasteiger partial charge in [-0.1, -0.05) is 0 Å². The molecule has 2 aliphatic rings. The Labute approximate surface area is 78.1 Å². The second-order valence-electron chi connectivity index (χ2n) is 4.29. The van der Waals surface area contributed by atoms with Crippen LogP contribution in [0.15, 0.2) is 0 Å². The summed E-state index contributed by atoms with van der Waals surface area (Å²) >= 11 is 0. The van der Waals surface area contributed by atoms with Gasteiger partial charge in [-0.15, -0.1) is 0 Å². The van der Waals surface area contributed by atoms with Gasteiger partial charge in [-0.25, -0.2) is 0 Å². The quantitative estimate of drug-likeness (QED) is 0.665. The van der Waals surface area contributed by atoms with Gasteiger partial charge in [0, 0.05) is 0 Å². The normalized spacial score (nSPS) is 22.9. The Bertz CT molecular complexity index is 204. The molecular formula is C10H16O3. The molecule has 0 heterocycles. The molecule has 0 saturated heterocycles. The minimum Gasteiger partial charge on any atom is -0.469 e. The summed E-state index contributed by atoms with van der Waals surface area (Å²) < 4.78 is 4.60. The van der Waals surface area contributed by atoms with Crippen LogP contribution < -0.4 is 0 Å². The second-order valence-corrected chi connectivity index (χ2v) is 4.29. The van der Waals surface area contributed by atoms with Crippen molar-refractivity contribution >= 4 is 5.97 Å². The van der Waals surface area contributed by atoms with Crippen molar-refractivity contribution < 1.29 is 14.6 Å². The van der Waals surface area contributed by atoms with Crippen molar-refractivity contribution in [3.05, 3.63) is 0 Å². The molecular weight excluding hydrogens is 168 g/mol. The molecule has 0 aromatic carbocycles. The minimum absolute atomic E-state index is 0.193. The standard InChI is InChI=1S/C10H16O3/c1-13-9(11)6-10(12,7-2-3-7)8-4-5-8/h7-8,12H,2-6H2,1H3. The van der Waals surface area contributed by atoms with Crippen LogP contribution in [0.1, 0.15) is 32.1 Å². The van der Waals surface area contributed by atoms with Crippen molar-refractivity contribution in [1.82, 2.24) is 0 Å². The van der Waals surface area contributed by atoms with Gasteiger partial charge in [-0.2, -0.15) is 0 Å². The van der Waals surface area contributed by atoms with Gasteiger partial charge in [0.25, 0.3) is 0 Å². The molecule has 0 aromatic rings. The highest BCUT2D eigenvalue weighted by atomic mass is 16.5. The number of methoxy groups -OCH3 is 1. The van der Waals surface area contributed by atoms with E-state index in [9.17, 15) is 9.90 Å². The molecule has 3 heteroatoms. The predicted octanol–water partition coefficient (Wildman–Crippen LogP) is 1.10. The van der Waals surface area contributed by atoms with Crippen LogP contribution in [-0.4, -0.2) is 23.8 Å². The monoisotopic (exact) mass is 184 g/mol. The lowest BCUT2D eigenvalue weighted by atomic mass is 9.88. The van der Waals surface area contributed by atoms with E-state index in [1.54, 1.807) is 0 Å². The molecule has 0 aromatic heterocycles. The van der Waals surface area contributed by atoms with E-state index in [0.717, 1.165) is 25.7 Å². The SMILES string of the molecule is COC(=O)CC(O)(C1CC1)C1CC1. The molecule has 3 nitrogen and oxygen atoms in total. The zero-order valence-corrected chi connectivity index (χ0v) is 7.95. The summed E-state index contributed by atoms with van der Waals surface area (Å²) in [4.78, 5) is 11.1. The first-order valence-corrected chi connectivity index (χ1v) is 4.96. The van der Waals surface area contributed by atoms with E-state index in [4.69, 9.17) is 0 Å². The first kappa shape index (κ1) is 9.00. The fourth-order valence-electron chi connectivity index (χ4n) is 2.09. The highest BCUT2D eigenvalue weighted by Crippen LogP contribution is 2.53. The molecule has 2 aliphatic carbocycles. The number of ether oxygens (including phenoxy) is 1. The van der Waals surface area contributed by atoms with E-state index in [1.165, 1.54) is 7.11 Å². The minimum atomic E-state index is -0.729. The Morgan fingerprint density at radius 2 is 1.85 bits per heavy atom. The average molecular weight is 184 g/mol. The second kappa shape index (κ2) is 2.98. The molecule has 13 heavy (non-hydrogen) atoms. The number of hydrogen-bond donors (Lipinski definition) is 1. The Morgan fingerprint density at radius 1 is 1.38 bits per heavy atom. The molecule has 2 fully saturated rings. The van der Waals surface area contributed by atoms with Crippen LogP contribution >= 0.6 is 0 Å². The number of esters is 1. The molecule has 74 valence electrons. The van der Waals surface area contributed by atoms with E-state index in [-0.39, 0.29) is 12.4 Å². The van der Waals surface area contributed by atoms with E-state index in [1.807, 2.05) is 0 Å². The molecule has 0 unspecified atom stereocenters.